The van der Waals surface area contributed by atoms with Crippen molar-refractivity contribution in [3.63, 3.8) is 0 Å². The molecule has 0 aliphatic heterocycles. The molecule has 3 aromatic rings. The Morgan fingerprint density at radius 2 is 1.78 bits per heavy atom. The highest BCUT2D eigenvalue weighted by atomic mass is 16.1. The van der Waals surface area contributed by atoms with Gasteiger partial charge in [-0.25, -0.2) is 9.50 Å². The van der Waals surface area contributed by atoms with E-state index in [-0.39, 0.29) is 11.9 Å². The molecule has 2 heterocycles. The van der Waals surface area contributed by atoms with E-state index in [1.165, 1.54) is 25.7 Å². The van der Waals surface area contributed by atoms with Gasteiger partial charge in [-0.3, -0.25) is 4.79 Å². The van der Waals surface area contributed by atoms with Crippen molar-refractivity contribution < 1.29 is 4.79 Å². The minimum absolute atomic E-state index is 0.0387. The molecule has 140 valence electrons. The first-order valence-electron chi connectivity index (χ1n) is 9.86. The quantitative estimate of drug-likeness (QED) is 0.700. The normalized spacial score (nSPS) is 15.6. The molecule has 1 saturated carbocycles. The zero-order chi connectivity index (χ0) is 18.8. The summed E-state index contributed by atoms with van der Waals surface area (Å²) in [5, 5.41) is 7.88. The number of carbonyl (C=O) groups is 1. The number of aromatic nitrogens is 3. The van der Waals surface area contributed by atoms with Gasteiger partial charge >= 0.3 is 0 Å². The van der Waals surface area contributed by atoms with Gasteiger partial charge < -0.3 is 5.32 Å². The topological polar surface area (TPSA) is 59.3 Å². The fourth-order valence-corrected chi connectivity index (χ4v) is 4.05. The average molecular weight is 362 g/mol. The van der Waals surface area contributed by atoms with Crippen molar-refractivity contribution in [3.8, 4) is 11.1 Å². The molecule has 0 spiro atoms. The number of benzene rings is 1. The minimum Gasteiger partial charge on any atom is -0.349 e. The Morgan fingerprint density at radius 1 is 1.07 bits per heavy atom. The fraction of sp³-hybridized carbons (Fsp3) is 0.409. The van der Waals surface area contributed by atoms with Gasteiger partial charge in [0.05, 0.1) is 17.0 Å². The standard InChI is InChI=1S/C22H26N4O/c1-15-20(17-10-6-5-7-11-17)21-23-14-19(16(2)26(21)25-15)22(27)24-18-12-8-3-4-9-13-18/h5-7,10-11,14,18H,3-4,8-9,12-13H2,1-2H3,(H,24,27). The Bertz CT molecular complexity index is 953. The molecule has 0 radical (unpaired) electrons. The third-order valence-corrected chi connectivity index (χ3v) is 5.56. The maximum atomic E-state index is 12.9. The predicted octanol–water partition coefficient (Wildman–Crippen LogP) is 4.47. The second-order valence-corrected chi connectivity index (χ2v) is 7.48. The molecule has 1 aliphatic carbocycles. The van der Waals surface area contributed by atoms with E-state index in [9.17, 15) is 4.79 Å². The van der Waals surface area contributed by atoms with E-state index in [1.807, 2.05) is 32.0 Å². The Morgan fingerprint density at radius 3 is 2.48 bits per heavy atom. The zero-order valence-corrected chi connectivity index (χ0v) is 16.0. The maximum Gasteiger partial charge on any atom is 0.254 e. The van der Waals surface area contributed by atoms with Crippen LogP contribution < -0.4 is 5.32 Å². The lowest BCUT2D eigenvalue weighted by Crippen LogP contribution is -2.35. The van der Waals surface area contributed by atoms with Crippen LogP contribution in [0.5, 0.6) is 0 Å². The number of amides is 1. The van der Waals surface area contributed by atoms with Gasteiger partial charge in [-0.15, -0.1) is 0 Å². The molecule has 1 N–H and O–H groups in total. The van der Waals surface area contributed by atoms with Gasteiger partial charge in [0, 0.05) is 17.8 Å². The third-order valence-electron chi connectivity index (χ3n) is 5.56. The first-order valence-corrected chi connectivity index (χ1v) is 9.86. The molecule has 0 bridgehead atoms. The lowest BCUT2D eigenvalue weighted by Gasteiger charge is -2.17. The number of rotatable bonds is 3. The molecule has 2 aromatic heterocycles. The van der Waals surface area contributed by atoms with Gasteiger partial charge in [0.15, 0.2) is 5.65 Å². The molecule has 0 unspecified atom stereocenters. The van der Waals surface area contributed by atoms with E-state index in [1.54, 1.807) is 10.7 Å². The van der Waals surface area contributed by atoms with Gasteiger partial charge in [0.1, 0.15) is 0 Å². The molecule has 27 heavy (non-hydrogen) atoms. The van der Waals surface area contributed by atoms with Crippen molar-refractivity contribution >= 4 is 11.6 Å². The molecule has 5 heteroatoms. The molecule has 0 atom stereocenters. The summed E-state index contributed by atoms with van der Waals surface area (Å²) >= 11 is 0. The van der Waals surface area contributed by atoms with Gasteiger partial charge in [0.2, 0.25) is 0 Å². The van der Waals surface area contributed by atoms with Crippen molar-refractivity contribution in [3.05, 3.63) is 53.5 Å². The molecule has 1 aromatic carbocycles. The van der Waals surface area contributed by atoms with E-state index in [0.717, 1.165) is 41.0 Å². The molecule has 1 aliphatic rings. The highest BCUT2D eigenvalue weighted by Crippen LogP contribution is 2.28. The van der Waals surface area contributed by atoms with E-state index in [0.29, 0.717) is 5.56 Å². The SMILES string of the molecule is Cc1nn2c(C)c(C(=O)NC3CCCCCC3)cnc2c1-c1ccccc1. The van der Waals surface area contributed by atoms with Crippen LogP contribution in [-0.4, -0.2) is 26.5 Å². The van der Waals surface area contributed by atoms with E-state index >= 15 is 0 Å². The number of hydrogen-bond acceptors (Lipinski definition) is 3. The van der Waals surface area contributed by atoms with Crippen LogP contribution in [0, 0.1) is 13.8 Å². The molecule has 0 saturated heterocycles. The number of hydrogen-bond donors (Lipinski definition) is 1. The summed E-state index contributed by atoms with van der Waals surface area (Å²) in [7, 11) is 0. The second-order valence-electron chi connectivity index (χ2n) is 7.48. The van der Waals surface area contributed by atoms with E-state index in [4.69, 9.17) is 0 Å². The molecule has 1 amide bonds. The Kier molecular flexibility index (Phi) is 4.92. The number of carbonyl (C=O) groups excluding carboxylic acids is 1. The van der Waals surface area contributed by atoms with Crippen LogP contribution in [0.15, 0.2) is 36.5 Å². The lowest BCUT2D eigenvalue weighted by atomic mass is 10.1. The van der Waals surface area contributed by atoms with Crippen molar-refractivity contribution in [2.24, 2.45) is 0 Å². The molecule has 5 nitrogen and oxygen atoms in total. The number of aryl methyl sites for hydroxylation is 2. The van der Waals surface area contributed by atoms with Gasteiger partial charge in [-0.05, 0) is 32.3 Å². The summed E-state index contributed by atoms with van der Waals surface area (Å²) in [5.41, 5.74) is 5.26. The Labute approximate surface area is 159 Å². The smallest absolute Gasteiger partial charge is 0.254 e. The number of nitrogens with one attached hydrogen (secondary N) is 1. The van der Waals surface area contributed by atoms with Crippen LogP contribution >= 0.6 is 0 Å². The van der Waals surface area contributed by atoms with Crippen LogP contribution in [0.2, 0.25) is 0 Å². The molecule has 4 rings (SSSR count). The monoisotopic (exact) mass is 362 g/mol. The number of fused-ring (bicyclic) bond motifs is 1. The summed E-state index contributed by atoms with van der Waals surface area (Å²) < 4.78 is 1.81. The van der Waals surface area contributed by atoms with Gasteiger partial charge in [-0.1, -0.05) is 56.0 Å². The Balaban J connectivity index is 1.67. The van der Waals surface area contributed by atoms with Gasteiger partial charge in [0.25, 0.3) is 5.91 Å². The first-order chi connectivity index (χ1) is 13.1. The van der Waals surface area contributed by atoms with Crippen LogP contribution in [0.3, 0.4) is 0 Å². The largest absolute Gasteiger partial charge is 0.349 e. The van der Waals surface area contributed by atoms with Crippen LogP contribution in [0.4, 0.5) is 0 Å². The first kappa shape index (κ1) is 17.7. The van der Waals surface area contributed by atoms with Crippen LogP contribution in [0.1, 0.15) is 60.3 Å². The summed E-state index contributed by atoms with van der Waals surface area (Å²) in [5.74, 6) is -0.0387. The highest BCUT2D eigenvalue weighted by Gasteiger charge is 2.21. The summed E-state index contributed by atoms with van der Waals surface area (Å²) in [6.45, 7) is 3.93. The maximum absolute atomic E-state index is 12.9. The van der Waals surface area contributed by atoms with E-state index < -0.39 is 0 Å². The zero-order valence-electron chi connectivity index (χ0n) is 16.0. The third kappa shape index (κ3) is 3.46. The van der Waals surface area contributed by atoms with Crippen molar-refractivity contribution in [1.82, 2.24) is 19.9 Å². The van der Waals surface area contributed by atoms with Crippen molar-refractivity contribution in [2.75, 3.05) is 0 Å². The number of nitrogens with zero attached hydrogens (tertiary/aromatic N) is 3. The average Bonchev–Trinajstić information content (AvgIpc) is 2.83. The fourth-order valence-electron chi connectivity index (χ4n) is 4.05. The Hall–Kier alpha value is -2.69. The van der Waals surface area contributed by atoms with E-state index in [2.05, 4.69) is 27.5 Å². The minimum atomic E-state index is -0.0387. The van der Waals surface area contributed by atoms with Gasteiger partial charge in [-0.2, -0.15) is 5.10 Å². The lowest BCUT2D eigenvalue weighted by molar-refractivity contribution is 0.0931. The summed E-state index contributed by atoms with van der Waals surface area (Å²) in [6, 6.07) is 10.4. The van der Waals surface area contributed by atoms with Crippen molar-refractivity contribution in [2.45, 2.75) is 58.4 Å². The predicted molar refractivity (Wildman–Crippen MR) is 107 cm³/mol. The highest BCUT2D eigenvalue weighted by molar-refractivity contribution is 5.95. The molecular formula is C22H26N4O. The van der Waals surface area contributed by atoms with Crippen LogP contribution in [0.25, 0.3) is 16.8 Å². The molecule has 1 fully saturated rings. The van der Waals surface area contributed by atoms with Crippen molar-refractivity contribution in [1.29, 1.82) is 0 Å². The molecular weight excluding hydrogens is 336 g/mol. The summed E-state index contributed by atoms with van der Waals surface area (Å²) in [6.07, 6.45) is 8.77. The van der Waals surface area contributed by atoms with Crippen LogP contribution in [-0.2, 0) is 0 Å². The second kappa shape index (κ2) is 7.51. The summed E-state index contributed by atoms with van der Waals surface area (Å²) in [4.78, 5) is 17.5.